The van der Waals surface area contributed by atoms with Gasteiger partial charge in [0.05, 0.1) is 11.8 Å². The Morgan fingerprint density at radius 2 is 1.53 bits per heavy atom. The van der Waals surface area contributed by atoms with Gasteiger partial charge in [0.25, 0.3) is 0 Å². The summed E-state index contributed by atoms with van der Waals surface area (Å²) in [5.74, 6) is -0.409. The molecule has 1 saturated heterocycles. The van der Waals surface area contributed by atoms with Gasteiger partial charge in [-0.25, -0.2) is 12.7 Å². The van der Waals surface area contributed by atoms with Crippen molar-refractivity contribution in [1.82, 2.24) is 9.62 Å². The molecule has 0 aliphatic carbocycles. The van der Waals surface area contributed by atoms with E-state index in [1.807, 2.05) is 61.5 Å². The zero-order chi connectivity index (χ0) is 24.1. The fourth-order valence-corrected chi connectivity index (χ4v) is 6.20. The molecule has 1 amide bonds. The molecule has 1 N–H and O–H groups in total. The van der Waals surface area contributed by atoms with Gasteiger partial charge < -0.3 is 5.32 Å². The molecule has 1 fully saturated rings. The summed E-state index contributed by atoms with van der Waals surface area (Å²) in [4.78, 5) is 13.2. The number of aryl methyl sites for hydroxylation is 1. The summed E-state index contributed by atoms with van der Waals surface area (Å²) in [6, 6.07) is 24.8. The molecule has 7 heteroatoms. The average Bonchev–Trinajstić information content (AvgIpc) is 2.85. The number of carbonyl (C=O) groups excluding carboxylic acids is 1. The first-order valence-electron chi connectivity index (χ1n) is 11.5. The highest BCUT2D eigenvalue weighted by Gasteiger charge is 2.32. The lowest BCUT2D eigenvalue weighted by atomic mass is 9.94. The fourth-order valence-electron chi connectivity index (χ4n) is 4.32. The number of benzene rings is 3. The largest absolute Gasteiger partial charge is 0.345 e. The summed E-state index contributed by atoms with van der Waals surface area (Å²) in [5.41, 5.74) is 3.78. The molecule has 34 heavy (non-hydrogen) atoms. The van der Waals surface area contributed by atoms with Crippen molar-refractivity contribution in [2.24, 2.45) is 5.92 Å². The quantitative estimate of drug-likeness (QED) is 0.495. The standard InChI is InChI=1S/C27H29ClN2O3S/c1-20-11-13-22(14-12-20)26(21-7-3-2-4-8-21)29-27(31)23-15-17-30(18-16-23)34(32,33)19-24-9-5-6-10-25(24)28/h2-14,23,26H,15-19H2,1H3,(H,29,31)/t26-/m0/s1. The second-order valence-corrected chi connectivity index (χ2v) is 11.2. The Bertz CT molecular complexity index is 1220. The van der Waals surface area contributed by atoms with Gasteiger partial charge in [0.2, 0.25) is 15.9 Å². The van der Waals surface area contributed by atoms with Crippen LogP contribution < -0.4 is 5.32 Å². The molecule has 0 saturated carbocycles. The van der Waals surface area contributed by atoms with Crippen molar-refractivity contribution < 1.29 is 13.2 Å². The number of amides is 1. The van der Waals surface area contributed by atoms with E-state index in [0.717, 1.165) is 16.7 Å². The first kappa shape index (κ1) is 24.5. The molecule has 0 unspecified atom stereocenters. The van der Waals surface area contributed by atoms with Gasteiger partial charge in [0, 0.05) is 24.0 Å². The van der Waals surface area contributed by atoms with E-state index in [1.165, 1.54) is 4.31 Å². The molecule has 3 aromatic rings. The van der Waals surface area contributed by atoms with Crippen molar-refractivity contribution in [3.8, 4) is 0 Å². The number of nitrogens with one attached hydrogen (secondary N) is 1. The lowest BCUT2D eigenvalue weighted by Gasteiger charge is -2.32. The number of nitrogens with zero attached hydrogens (tertiary/aromatic N) is 1. The Morgan fingerprint density at radius 3 is 2.18 bits per heavy atom. The Hall–Kier alpha value is -2.67. The van der Waals surface area contributed by atoms with Crippen LogP contribution in [0, 0.1) is 12.8 Å². The minimum absolute atomic E-state index is 0.0439. The normalized spacial score (nSPS) is 16.2. The monoisotopic (exact) mass is 496 g/mol. The van der Waals surface area contributed by atoms with Gasteiger partial charge in [-0.05, 0) is 42.5 Å². The third kappa shape index (κ3) is 5.87. The van der Waals surface area contributed by atoms with E-state index in [1.54, 1.807) is 24.3 Å². The lowest BCUT2D eigenvalue weighted by Crippen LogP contribution is -2.44. The highest BCUT2D eigenvalue weighted by Crippen LogP contribution is 2.27. The number of hydrogen-bond donors (Lipinski definition) is 1. The molecular formula is C27H29ClN2O3S. The van der Waals surface area contributed by atoms with Gasteiger partial charge in [-0.3, -0.25) is 4.79 Å². The van der Waals surface area contributed by atoms with Crippen molar-refractivity contribution in [3.05, 3.63) is 106 Å². The van der Waals surface area contributed by atoms with E-state index >= 15 is 0 Å². The van der Waals surface area contributed by atoms with Crippen LogP contribution in [0.25, 0.3) is 0 Å². The second kappa shape index (κ2) is 10.7. The highest BCUT2D eigenvalue weighted by atomic mass is 35.5. The molecule has 0 spiro atoms. The second-order valence-electron chi connectivity index (χ2n) is 8.78. The van der Waals surface area contributed by atoms with E-state index < -0.39 is 10.0 Å². The van der Waals surface area contributed by atoms with Gasteiger partial charge in [-0.15, -0.1) is 0 Å². The van der Waals surface area contributed by atoms with Gasteiger partial charge in [0.1, 0.15) is 0 Å². The number of rotatable bonds is 7. The number of piperidine rings is 1. The fraction of sp³-hybridized carbons (Fsp3) is 0.296. The summed E-state index contributed by atoms with van der Waals surface area (Å²) in [6.07, 6.45) is 0.978. The molecule has 4 rings (SSSR count). The highest BCUT2D eigenvalue weighted by molar-refractivity contribution is 7.88. The summed E-state index contributed by atoms with van der Waals surface area (Å²) in [6.45, 7) is 2.68. The molecule has 0 bridgehead atoms. The van der Waals surface area contributed by atoms with E-state index in [2.05, 4.69) is 5.32 Å². The van der Waals surface area contributed by atoms with Crippen LogP contribution in [0.2, 0.25) is 5.02 Å². The Labute approximate surface area is 206 Å². The van der Waals surface area contributed by atoms with E-state index in [0.29, 0.717) is 36.5 Å². The predicted octanol–water partition coefficient (Wildman–Crippen LogP) is 5.10. The third-order valence-electron chi connectivity index (χ3n) is 6.34. The lowest BCUT2D eigenvalue weighted by molar-refractivity contribution is -0.126. The maximum absolute atomic E-state index is 13.2. The molecule has 5 nitrogen and oxygen atoms in total. The van der Waals surface area contributed by atoms with E-state index in [-0.39, 0.29) is 23.6 Å². The first-order valence-corrected chi connectivity index (χ1v) is 13.5. The Balaban J connectivity index is 1.42. The maximum Gasteiger partial charge on any atom is 0.223 e. The van der Waals surface area contributed by atoms with Gasteiger partial charge in [0.15, 0.2) is 0 Å². The van der Waals surface area contributed by atoms with Crippen LogP contribution in [-0.2, 0) is 20.6 Å². The zero-order valence-electron chi connectivity index (χ0n) is 19.2. The molecule has 1 aliphatic rings. The Kier molecular flexibility index (Phi) is 7.71. The molecular weight excluding hydrogens is 468 g/mol. The van der Waals surface area contributed by atoms with Crippen LogP contribution in [-0.4, -0.2) is 31.7 Å². The SMILES string of the molecule is Cc1ccc([C@@H](NC(=O)C2CCN(S(=O)(=O)Cc3ccccc3Cl)CC2)c2ccccc2)cc1. The first-order chi connectivity index (χ1) is 16.3. The van der Waals surface area contributed by atoms with Crippen LogP contribution in [0.5, 0.6) is 0 Å². The van der Waals surface area contributed by atoms with Crippen LogP contribution in [0.15, 0.2) is 78.9 Å². The van der Waals surface area contributed by atoms with Crippen molar-refractivity contribution in [3.63, 3.8) is 0 Å². The minimum atomic E-state index is -3.50. The van der Waals surface area contributed by atoms with Crippen LogP contribution in [0.4, 0.5) is 0 Å². The minimum Gasteiger partial charge on any atom is -0.345 e. The van der Waals surface area contributed by atoms with E-state index in [9.17, 15) is 13.2 Å². The van der Waals surface area contributed by atoms with Crippen molar-refractivity contribution in [2.75, 3.05) is 13.1 Å². The van der Waals surface area contributed by atoms with Gasteiger partial charge in [-0.2, -0.15) is 0 Å². The molecule has 0 aromatic heterocycles. The van der Waals surface area contributed by atoms with Gasteiger partial charge in [-0.1, -0.05) is 90.0 Å². The number of carbonyl (C=O) groups is 1. The summed E-state index contributed by atoms with van der Waals surface area (Å²) < 4.78 is 27.3. The smallest absolute Gasteiger partial charge is 0.223 e. The number of sulfonamides is 1. The van der Waals surface area contributed by atoms with Gasteiger partial charge >= 0.3 is 0 Å². The molecule has 3 aromatic carbocycles. The van der Waals surface area contributed by atoms with E-state index in [4.69, 9.17) is 11.6 Å². The summed E-state index contributed by atoms with van der Waals surface area (Å²) in [7, 11) is -3.50. The molecule has 1 atom stereocenters. The van der Waals surface area contributed by atoms with Crippen molar-refractivity contribution in [1.29, 1.82) is 0 Å². The topological polar surface area (TPSA) is 66.5 Å². The average molecular weight is 497 g/mol. The Morgan fingerprint density at radius 1 is 0.941 bits per heavy atom. The molecule has 178 valence electrons. The molecule has 0 radical (unpaired) electrons. The summed E-state index contributed by atoms with van der Waals surface area (Å²) in [5, 5.41) is 3.66. The van der Waals surface area contributed by atoms with Crippen molar-refractivity contribution >= 4 is 27.5 Å². The third-order valence-corrected chi connectivity index (χ3v) is 8.54. The number of hydrogen-bond acceptors (Lipinski definition) is 3. The molecule has 1 aliphatic heterocycles. The summed E-state index contributed by atoms with van der Waals surface area (Å²) >= 11 is 6.16. The van der Waals surface area contributed by atoms with Crippen LogP contribution in [0.1, 0.15) is 41.1 Å². The predicted molar refractivity (Wildman–Crippen MR) is 136 cm³/mol. The molecule has 1 heterocycles. The number of halogens is 1. The van der Waals surface area contributed by atoms with Crippen LogP contribution >= 0.6 is 11.6 Å². The maximum atomic E-state index is 13.2. The van der Waals surface area contributed by atoms with Crippen LogP contribution in [0.3, 0.4) is 0 Å². The van der Waals surface area contributed by atoms with Crippen molar-refractivity contribution in [2.45, 2.75) is 31.6 Å². The zero-order valence-corrected chi connectivity index (χ0v) is 20.7.